The average molecular weight is 333 g/mol. The van der Waals surface area contributed by atoms with Gasteiger partial charge in [0, 0.05) is 11.4 Å². The number of carbonyl (C=O) groups excluding carboxylic acids is 1. The second kappa shape index (κ2) is 8.37. The second-order valence-corrected chi connectivity index (χ2v) is 6.60. The van der Waals surface area contributed by atoms with Crippen LogP contribution in [0.15, 0.2) is 95.9 Å². The lowest BCUT2D eigenvalue weighted by atomic mass is 10.1. The summed E-state index contributed by atoms with van der Waals surface area (Å²) in [5, 5.41) is 2.79. The third-order valence-electron chi connectivity index (χ3n) is 3.65. The van der Waals surface area contributed by atoms with Crippen molar-refractivity contribution in [1.29, 1.82) is 0 Å². The topological polar surface area (TPSA) is 29.1 Å². The zero-order valence-electron chi connectivity index (χ0n) is 13.3. The summed E-state index contributed by atoms with van der Waals surface area (Å²) in [5.41, 5.74) is 2.11. The van der Waals surface area contributed by atoms with Crippen molar-refractivity contribution in [1.82, 2.24) is 5.32 Å². The lowest BCUT2D eigenvalue weighted by molar-refractivity contribution is -0.120. The van der Waals surface area contributed by atoms with Crippen LogP contribution in [0.25, 0.3) is 0 Å². The smallest absolute Gasteiger partial charge is 0.238 e. The summed E-state index contributed by atoms with van der Waals surface area (Å²) in [6.45, 7) is 0.540. The molecule has 24 heavy (non-hydrogen) atoms. The van der Waals surface area contributed by atoms with Gasteiger partial charge in [0.15, 0.2) is 0 Å². The van der Waals surface area contributed by atoms with Crippen LogP contribution in [-0.4, -0.2) is 5.91 Å². The molecule has 1 unspecified atom stereocenters. The summed E-state index contributed by atoms with van der Waals surface area (Å²) < 4.78 is 0. The van der Waals surface area contributed by atoms with E-state index in [1.807, 2.05) is 91.0 Å². The maximum Gasteiger partial charge on any atom is 0.238 e. The largest absolute Gasteiger partial charge is 0.351 e. The lowest BCUT2D eigenvalue weighted by Crippen LogP contribution is -2.27. The molecule has 0 saturated heterocycles. The fourth-order valence-electron chi connectivity index (χ4n) is 2.41. The Morgan fingerprint density at radius 3 is 1.96 bits per heavy atom. The van der Waals surface area contributed by atoms with Crippen molar-refractivity contribution in [3.8, 4) is 0 Å². The van der Waals surface area contributed by atoms with Gasteiger partial charge in [0.25, 0.3) is 0 Å². The van der Waals surface area contributed by atoms with Gasteiger partial charge in [0.1, 0.15) is 5.25 Å². The first-order valence-corrected chi connectivity index (χ1v) is 8.79. The van der Waals surface area contributed by atoms with Gasteiger partial charge in [-0.2, -0.15) is 0 Å². The first-order valence-electron chi connectivity index (χ1n) is 7.91. The molecule has 0 heterocycles. The third-order valence-corrected chi connectivity index (χ3v) is 4.91. The minimum atomic E-state index is -0.266. The predicted octanol–water partition coefficient (Wildman–Crippen LogP) is 4.84. The molecule has 1 atom stereocenters. The second-order valence-electron chi connectivity index (χ2n) is 5.43. The van der Waals surface area contributed by atoms with E-state index in [0.29, 0.717) is 6.54 Å². The summed E-state index contributed by atoms with van der Waals surface area (Å²) in [4.78, 5) is 13.9. The average Bonchev–Trinajstić information content (AvgIpc) is 2.66. The molecule has 3 aromatic rings. The van der Waals surface area contributed by atoms with E-state index >= 15 is 0 Å². The van der Waals surface area contributed by atoms with Crippen LogP contribution in [0.1, 0.15) is 16.4 Å². The monoisotopic (exact) mass is 333 g/mol. The fourth-order valence-corrected chi connectivity index (χ4v) is 3.48. The van der Waals surface area contributed by atoms with Crippen LogP contribution in [0.5, 0.6) is 0 Å². The summed E-state index contributed by atoms with van der Waals surface area (Å²) in [5.74, 6) is 0.0268. The molecule has 3 heteroatoms. The first kappa shape index (κ1) is 16.3. The van der Waals surface area contributed by atoms with Gasteiger partial charge in [0.05, 0.1) is 0 Å². The van der Waals surface area contributed by atoms with Crippen molar-refractivity contribution in [2.45, 2.75) is 16.7 Å². The molecule has 0 bridgehead atoms. The fraction of sp³-hybridized carbons (Fsp3) is 0.0952. The van der Waals surface area contributed by atoms with Crippen LogP contribution in [0.3, 0.4) is 0 Å². The van der Waals surface area contributed by atoms with Gasteiger partial charge in [-0.05, 0) is 23.3 Å². The van der Waals surface area contributed by atoms with Gasteiger partial charge in [-0.3, -0.25) is 4.79 Å². The van der Waals surface area contributed by atoms with Gasteiger partial charge in [-0.15, -0.1) is 11.8 Å². The summed E-state index contributed by atoms with van der Waals surface area (Å²) in [7, 11) is 0. The van der Waals surface area contributed by atoms with Gasteiger partial charge in [-0.1, -0.05) is 78.9 Å². The maximum atomic E-state index is 12.8. The van der Waals surface area contributed by atoms with Crippen molar-refractivity contribution >= 4 is 17.7 Å². The van der Waals surface area contributed by atoms with Gasteiger partial charge in [0.2, 0.25) is 5.91 Å². The molecule has 1 amide bonds. The van der Waals surface area contributed by atoms with Gasteiger partial charge < -0.3 is 5.32 Å². The quantitative estimate of drug-likeness (QED) is 0.654. The molecular weight excluding hydrogens is 314 g/mol. The SMILES string of the molecule is O=C(NCc1ccccc1)C(Sc1ccccc1)c1ccccc1. The molecule has 0 aliphatic carbocycles. The van der Waals surface area contributed by atoms with Crippen LogP contribution in [0.2, 0.25) is 0 Å². The Morgan fingerprint density at radius 2 is 1.33 bits per heavy atom. The molecule has 0 spiro atoms. The number of hydrogen-bond acceptors (Lipinski definition) is 2. The lowest BCUT2D eigenvalue weighted by Gasteiger charge is -2.17. The van der Waals surface area contributed by atoms with E-state index < -0.39 is 0 Å². The minimum Gasteiger partial charge on any atom is -0.351 e. The van der Waals surface area contributed by atoms with Crippen molar-refractivity contribution < 1.29 is 4.79 Å². The molecule has 0 aliphatic rings. The van der Waals surface area contributed by atoms with E-state index in [4.69, 9.17) is 0 Å². The summed E-state index contributed by atoms with van der Waals surface area (Å²) in [6.07, 6.45) is 0. The van der Waals surface area contributed by atoms with E-state index in [9.17, 15) is 4.79 Å². The molecule has 120 valence electrons. The number of carbonyl (C=O) groups is 1. The van der Waals surface area contributed by atoms with E-state index in [1.165, 1.54) is 0 Å². The van der Waals surface area contributed by atoms with Crippen LogP contribution in [-0.2, 0) is 11.3 Å². The van der Waals surface area contributed by atoms with Crippen LogP contribution in [0, 0.1) is 0 Å². The van der Waals surface area contributed by atoms with E-state index in [0.717, 1.165) is 16.0 Å². The van der Waals surface area contributed by atoms with E-state index in [1.54, 1.807) is 11.8 Å². The van der Waals surface area contributed by atoms with Crippen molar-refractivity contribution in [2.75, 3.05) is 0 Å². The highest BCUT2D eigenvalue weighted by molar-refractivity contribution is 8.00. The van der Waals surface area contributed by atoms with Crippen molar-refractivity contribution in [3.05, 3.63) is 102 Å². The molecule has 0 saturated carbocycles. The molecule has 0 aliphatic heterocycles. The first-order chi connectivity index (χ1) is 11.8. The van der Waals surface area contributed by atoms with Gasteiger partial charge in [-0.25, -0.2) is 0 Å². The van der Waals surface area contributed by atoms with Crippen LogP contribution in [0.4, 0.5) is 0 Å². The Bertz CT molecular complexity index is 760. The van der Waals surface area contributed by atoms with E-state index in [-0.39, 0.29) is 11.2 Å². The number of amides is 1. The van der Waals surface area contributed by atoms with Gasteiger partial charge >= 0.3 is 0 Å². The summed E-state index contributed by atoms with van der Waals surface area (Å²) in [6, 6.07) is 29.9. The number of hydrogen-bond donors (Lipinski definition) is 1. The summed E-state index contributed by atoms with van der Waals surface area (Å²) >= 11 is 1.57. The predicted molar refractivity (Wildman–Crippen MR) is 99.8 cm³/mol. The Labute approximate surface area is 146 Å². The molecule has 0 radical (unpaired) electrons. The Kier molecular flexibility index (Phi) is 5.70. The van der Waals surface area contributed by atoms with Crippen LogP contribution >= 0.6 is 11.8 Å². The standard InChI is InChI=1S/C21H19NOS/c23-21(22-16-17-10-4-1-5-11-17)20(18-12-6-2-7-13-18)24-19-14-8-3-9-15-19/h1-15,20H,16H2,(H,22,23). The molecule has 0 fully saturated rings. The Hall–Kier alpha value is -2.52. The minimum absolute atomic E-state index is 0.0268. The normalized spacial score (nSPS) is 11.7. The zero-order valence-corrected chi connectivity index (χ0v) is 14.1. The molecule has 3 rings (SSSR count). The number of thioether (sulfide) groups is 1. The third kappa shape index (κ3) is 4.49. The molecular formula is C21H19NOS. The Balaban J connectivity index is 1.75. The number of benzene rings is 3. The molecule has 1 N–H and O–H groups in total. The Morgan fingerprint density at radius 1 is 0.792 bits per heavy atom. The molecule has 3 aromatic carbocycles. The highest BCUT2D eigenvalue weighted by Gasteiger charge is 2.21. The highest BCUT2D eigenvalue weighted by Crippen LogP contribution is 2.35. The number of rotatable bonds is 6. The molecule has 0 aromatic heterocycles. The van der Waals surface area contributed by atoms with E-state index in [2.05, 4.69) is 5.32 Å². The number of nitrogens with one attached hydrogen (secondary N) is 1. The van der Waals surface area contributed by atoms with Crippen LogP contribution < -0.4 is 5.32 Å². The highest BCUT2D eigenvalue weighted by atomic mass is 32.2. The zero-order chi connectivity index (χ0) is 16.6. The van der Waals surface area contributed by atoms with Crippen molar-refractivity contribution in [3.63, 3.8) is 0 Å². The van der Waals surface area contributed by atoms with Crippen molar-refractivity contribution in [2.24, 2.45) is 0 Å². The maximum absolute atomic E-state index is 12.8. The molecule has 2 nitrogen and oxygen atoms in total.